The van der Waals surface area contributed by atoms with Crippen molar-refractivity contribution in [2.75, 3.05) is 24.7 Å². The first-order chi connectivity index (χ1) is 13.0. The van der Waals surface area contributed by atoms with Gasteiger partial charge in [0.1, 0.15) is 0 Å². The fraction of sp³-hybridized carbons (Fsp3) is 0.556. The summed E-state index contributed by atoms with van der Waals surface area (Å²) in [5.41, 5.74) is 0.823. The average molecular weight is 412 g/mol. The van der Waals surface area contributed by atoms with Crippen molar-refractivity contribution in [3.05, 3.63) is 35.2 Å². The van der Waals surface area contributed by atoms with Crippen LogP contribution in [0.1, 0.15) is 25.2 Å². The topological polar surface area (TPSA) is 85.5 Å². The Morgan fingerprint density at radius 2 is 2.04 bits per heavy atom. The minimum Gasteiger partial charge on any atom is -0.377 e. The predicted octanol–water partition coefficient (Wildman–Crippen LogP) is 2.56. The Kier molecular flexibility index (Phi) is 5.50. The molecule has 2 saturated heterocycles. The van der Waals surface area contributed by atoms with E-state index in [1.54, 1.807) is 12.1 Å². The van der Waals surface area contributed by atoms with E-state index in [2.05, 4.69) is 15.0 Å². The van der Waals surface area contributed by atoms with Crippen LogP contribution in [0.3, 0.4) is 0 Å². The molecule has 2 aromatic rings. The maximum Gasteiger partial charge on any atom is 0.241 e. The zero-order valence-corrected chi connectivity index (χ0v) is 16.5. The highest BCUT2D eigenvalue weighted by atomic mass is 35.5. The quantitative estimate of drug-likeness (QED) is 0.721. The lowest BCUT2D eigenvalue weighted by Gasteiger charge is -2.28. The van der Waals surface area contributed by atoms with Crippen molar-refractivity contribution in [2.24, 2.45) is 0 Å². The second kappa shape index (κ2) is 7.87. The van der Waals surface area contributed by atoms with Crippen LogP contribution < -0.4 is 0 Å². The Morgan fingerprint density at radius 1 is 1.22 bits per heavy atom. The van der Waals surface area contributed by atoms with E-state index >= 15 is 0 Å². The highest BCUT2D eigenvalue weighted by Gasteiger charge is 2.34. The van der Waals surface area contributed by atoms with Crippen LogP contribution in [-0.2, 0) is 21.1 Å². The summed E-state index contributed by atoms with van der Waals surface area (Å²) in [5.74, 6) is 1.39. The molecule has 2 unspecified atom stereocenters. The summed E-state index contributed by atoms with van der Waals surface area (Å²) >= 11 is 5.92. The maximum atomic E-state index is 11.9. The highest BCUT2D eigenvalue weighted by molar-refractivity contribution is 7.91. The zero-order chi connectivity index (χ0) is 18.9. The number of halogens is 1. The Labute approximate surface area is 163 Å². The van der Waals surface area contributed by atoms with E-state index in [4.69, 9.17) is 20.9 Å². The second-order valence-electron chi connectivity index (χ2n) is 7.14. The lowest BCUT2D eigenvalue weighted by atomic mass is 10.1. The summed E-state index contributed by atoms with van der Waals surface area (Å²) < 4.78 is 35.0. The van der Waals surface area contributed by atoms with Crippen LogP contribution in [0.4, 0.5) is 0 Å². The molecule has 27 heavy (non-hydrogen) atoms. The number of sulfone groups is 1. The van der Waals surface area contributed by atoms with Gasteiger partial charge < -0.3 is 9.26 Å². The first kappa shape index (κ1) is 18.9. The SMILES string of the molecule is O=S1(=O)CCC(N(Cc2nc(-c3ccc(Cl)cc3)no2)CC2CCCO2)C1. The Hall–Kier alpha value is -1.48. The Balaban J connectivity index is 1.49. The van der Waals surface area contributed by atoms with E-state index in [0.29, 0.717) is 36.2 Å². The van der Waals surface area contributed by atoms with Crippen molar-refractivity contribution in [3.63, 3.8) is 0 Å². The van der Waals surface area contributed by atoms with Crippen LogP contribution >= 0.6 is 11.6 Å². The second-order valence-corrected chi connectivity index (χ2v) is 9.81. The average Bonchev–Trinajstić information content (AvgIpc) is 3.36. The molecule has 0 spiro atoms. The summed E-state index contributed by atoms with van der Waals surface area (Å²) in [6.07, 6.45) is 2.80. The minimum absolute atomic E-state index is 0.0370. The molecule has 1 aromatic carbocycles. The molecule has 0 amide bonds. The summed E-state index contributed by atoms with van der Waals surface area (Å²) in [7, 11) is -2.97. The maximum absolute atomic E-state index is 11.9. The predicted molar refractivity (Wildman–Crippen MR) is 101 cm³/mol. The molecule has 3 heterocycles. The fourth-order valence-corrected chi connectivity index (χ4v) is 5.55. The Bertz CT molecular complexity index is 878. The molecule has 4 rings (SSSR count). The third-order valence-electron chi connectivity index (χ3n) is 5.10. The van der Waals surface area contributed by atoms with Gasteiger partial charge in [-0.2, -0.15) is 4.98 Å². The van der Waals surface area contributed by atoms with E-state index < -0.39 is 9.84 Å². The molecule has 2 aliphatic rings. The smallest absolute Gasteiger partial charge is 0.241 e. The summed E-state index contributed by atoms with van der Waals surface area (Å²) in [5, 5.41) is 4.70. The van der Waals surface area contributed by atoms with Crippen molar-refractivity contribution in [3.8, 4) is 11.4 Å². The number of hydrogen-bond donors (Lipinski definition) is 0. The van der Waals surface area contributed by atoms with Crippen molar-refractivity contribution in [2.45, 2.75) is 38.0 Å². The first-order valence-corrected chi connectivity index (χ1v) is 11.3. The fourth-order valence-electron chi connectivity index (χ4n) is 3.67. The molecule has 0 radical (unpaired) electrons. The van der Waals surface area contributed by atoms with Gasteiger partial charge in [0.2, 0.25) is 11.7 Å². The van der Waals surface area contributed by atoms with Gasteiger partial charge in [-0.25, -0.2) is 8.42 Å². The normalized spacial score (nSPS) is 24.7. The molecule has 2 atom stereocenters. The van der Waals surface area contributed by atoms with Gasteiger partial charge in [-0.05, 0) is 43.5 Å². The summed E-state index contributed by atoms with van der Waals surface area (Å²) in [4.78, 5) is 6.60. The van der Waals surface area contributed by atoms with Crippen molar-refractivity contribution in [1.29, 1.82) is 0 Å². The minimum atomic E-state index is -2.97. The number of aromatic nitrogens is 2. The van der Waals surface area contributed by atoms with Gasteiger partial charge in [-0.3, -0.25) is 4.90 Å². The van der Waals surface area contributed by atoms with Crippen LogP contribution in [0, 0.1) is 0 Å². The molecular weight excluding hydrogens is 390 g/mol. The van der Waals surface area contributed by atoms with Crippen molar-refractivity contribution >= 4 is 21.4 Å². The summed E-state index contributed by atoms with van der Waals surface area (Å²) in [6.45, 7) is 1.86. The van der Waals surface area contributed by atoms with Gasteiger partial charge in [0, 0.05) is 29.8 Å². The molecule has 2 fully saturated rings. The highest BCUT2D eigenvalue weighted by Crippen LogP contribution is 2.24. The molecular formula is C18H22ClN3O4S. The number of benzene rings is 1. The molecule has 146 valence electrons. The van der Waals surface area contributed by atoms with Gasteiger partial charge in [-0.15, -0.1) is 0 Å². The van der Waals surface area contributed by atoms with Crippen LogP contribution in [-0.4, -0.2) is 60.3 Å². The van der Waals surface area contributed by atoms with Crippen LogP contribution in [0.5, 0.6) is 0 Å². The summed E-state index contributed by atoms with van der Waals surface area (Å²) in [6, 6.07) is 7.19. The van der Waals surface area contributed by atoms with E-state index in [1.165, 1.54) is 0 Å². The van der Waals surface area contributed by atoms with Crippen molar-refractivity contribution in [1.82, 2.24) is 15.0 Å². The Morgan fingerprint density at radius 3 is 2.70 bits per heavy atom. The van der Waals surface area contributed by atoms with E-state index in [0.717, 1.165) is 25.0 Å². The molecule has 0 saturated carbocycles. The van der Waals surface area contributed by atoms with Gasteiger partial charge in [0.05, 0.1) is 24.2 Å². The van der Waals surface area contributed by atoms with E-state index in [-0.39, 0.29) is 23.7 Å². The van der Waals surface area contributed by atoms with Crippen molar-refractivity contribution < 1.29 is 17.7 Å². The number of nitrogens with zero attached hydrogens (tertiary/aromatic N) is 3. The van der Waals surface area contributed by atoms with Gasteiger partial charge in [0.15, 0.2) is 9.84 Å². The van der Waals surface area contributed by atoms with E-state index in [1.807, 2.05) is 12.1 Å². The van der Waals surface area contributed by atoms with Gasteiger partial charge >= 0.3 is 0 Å². The van der Waals surface area contributed by atoms with Crippen LogP contribution in [0.25, 0.3) is 11.4 Å². The molecule has 0 N–H and O–H groups in total. The number of rotatable bonds is 6. The monoisotopic (exact) mass is 411 g/mol. The lowest BCUT2D eigenvalue weighted by Crippen LogP contribution is -2.40. The first-order valence-electron chi connectivity index (χ1n) is 9.13. The van der Waals surface area contributed by atoms with Crippen LogP contribution in [0.15, 0.2) is 28.8 Å². The van der Waals surface area contributed by atoms with Crippen LogP contribution in [0.2, 0.25) is 5.02 Å². The molecule has 7 nitrogen and oxygen atoms in total. The molecule has 0 bridgehead atoms. The third-order valence-corrected chi connectivity index (χ3v) is 7.10. The molecule has 0 aliphatic carbocycles. The van der Waals surface area contributed by atoms with Gasteiger partial charge in [0.25, 0.3) is 0 Å². The third kappa shape index (κ3) is 4.68. The zero-order valence-electron chi connectivity index (χ0n) is 14.9. The number of hydrogen-bond acceptors (Lipinski definition) is 7. The standard InChI is InChI=1S/C18H22ClN3O4S/c19-14-5-3-13(4-6-14)18-20-17(26-21-18)11-22(10-16-2-1-8-25-16)15-7-9-27(23,24)12-15/h3-6,15-16H,1-2,7-12H2. The number of ether oxygens (including phenoxy) is 1. The lowest BCUT2D eigenvalue weighted by molar-refractivity contribution is 0.0529. The van der Waals surface area contributed by atoms with E-state index in [9.17, 15) is 8.42 Å². The van der Waals surface area contributed by atoms with Gasteiger partial charge in [-0.1, -0.05) is 16.8 Å². The molecule has 9 heteroatoms. The largest absolute Gasteiger partial charge is 0.377 e. The molecule has 2 aliphatic heterocycles. The molecule has 1 aromatic heterocycles.